The van der Waals surface area contributed by atoms with Crippen LogP contribution in [0.3, 0.4) is 0 Å². The van der Waals surface area contributed by atoms with Gasteiger partial charge in [-0.05, 0) is 38.8 Å². The molecule has 1 aliphatic heterocycles. The normalized spacial score (nSPS) is 16.5. The molecular weight excluding hydrogens is 354 g/mol. The van der Waals surface area contributed by atoms with Crippen LogP contribution in [0, 0.1) is 19.8 Å². The molecule has 0 unspecified atom stereocenters. The third kappa shape index (κ3) is 3.78. The second-order valence-electron chi connectivity index (χ2n) is 6.48. The lowest BCUT2D eigenvalue weighted by Gasteiger charge is -2.30. The van der Waals surface area contributed by atoms with Crippen LogP contribution >= 0.6 is 0 Å². The molecule has 0 radical (unpaired) electrons. The van der Waals surface area contributed by atoms with Gasteiger partial charge in [0.25, 0.3) is 0 Å². The Hall–Kier alpha value is -2.26. The Morgan fingerprint density at radius 3 is 2.62 bits per heavy atom. The van der Waals surface area contributed by atoms with E-state index in [-0.39, 0.29) is 16.7 Å². The topological polar surface area (TPSA) is 108 Å². The maximum absolute atomic E-state index is 12.8. The first-order valence-corrected chi connectivity index (χ1v) is 10.0. The summed E-state index contributed by atoms with van der Waals surface area (Å²) in [5.74, 6) is -0.236. The first-order chi connectivity index (χ1) is 12.4. The number of aryl methyl sites for hydroxylation is 2. The van der Waals surface area contributed by atoms with Gasteiger partial charge in [-0.1, -0.05) is 6.07 Å². The largest absolute Gasteiger partial charge is 0.350 e. The molecule has 1 amide bonds. The van der Waals surface area contributed by atoms with Gasteiger partial charge in [-0.15, -0.1) is 0 Å². The van der Waals surface area contributed by atoms with Crippen LogP contribution < -0.4 is 5.32 Å². The van der Waals surface area contributed by atoms with E-state index in [2.05, 4.69) is 20.5 Å². The fourth-order valence-corrected chi connectivity index (χ4v) is 5.03. The van der Waals surface area contributed by atoms with Gasteiger partial charge in [-0.25, -0.2) is 8.42 Å². The zero-order valence-corrected chi connectivity index (χ0v) is 15.7. The number of sulfonamides is 1. The molecule has 0 saturated carbocycles. The number of aromatic amines is 1. The van der Waals surface area contributed by atoms with E-state index in [1.165, 1.54) is 4.31 Å². The van der Waals surface area contributed by atoms with E-state index >= 15 is 0 Å². The molecule has 140 valence electrons. The first kappa shape index (κ1) is 18.5. The van der Waals surface area contributed by atoms with Crippen molar-refractivity contribution in [2.24, 2.45) is 5.92 Å². The summed E-state index contributed by atoms with van der Waals surface area (Å²) in [5.41, 5.74) is 1.81. The van der Waals surface area contributed by atoms with Crippen LogP contribution in [0.4, 0.5) is 0 Å². The molecule has 0 aromatic carbocycles. The summed E-state index contributed by atoms with van der Waals surface area (Å²) in [6, 6.07) is 5.55. The molecule has 1 saturated heterocycles. The molecule has 26 heavy (non-hydrogen) atoms. The average Bonchev–Trinajstić information content (AvgIpc) is 2.99. The molecule has 0 bridgehead atoms. The van der Waals surface area contributed by atoms with E-state index in [1.807, 2.05) is 18.2 Å². The molecule has 8 nitrogen and oxygen atoms in total. The maximum Gasteiger partial charge on any atom is 0.246 e. The highest BCUT2D eigenvalue weighted by Crippen LogP contribution is 2.26. The van der Waals surface area contributed by atoms with Gasteiger partial charge in [0.05, 0.1) is 23.6 Å². The van der Waals surface area contributed by atoms with Gasteiger partial charge >= 0.3 is 0 Å². The second kappa shape index (κ2) is 7.55. The van der Waals surface area contributed by atoms with Crippen molar-refractivity contribution in [3.05, 3.63) is 41.5 Å². The minimum Gasteiger partial charge on any atom is -0.350 e. The van der Waals surface area contributed by atoms with Crippen molar-refractivity contribution in [2.75, 3.05) is 13.1 Å². The third-order valence-electron chi connectivity index (χ3n) is 4.65. The monoisotopic (exact) mass is 377 g/mol. The third-order valence-corrected chi connectivity index (χ3v) is 6.82. The van der Waals surface area contributed by atoms with Crippen LogP contribution in [0.5, 0.6) is 0 Å². The standard InChI is InChI=1S/C17H23N5O3S/c1-12-16(13(2)21-20-12)26(24,25)22-9-6-14(7-10-22)17(23)19-11-15-5-3-4-8-18-15/h3-5,8,14H,6-7,9-11H2,1-2H3,(H,19,23)(H,20,21). The van der Waals surface area contributed by atoms with E-state index in [0.717, 1.165) is 5.69 Å². The lowest BCUT2D eigenvalue weighted by molar-refractivity contribution is -0.126. The Kier molecular flexibility index (Phi) is 5.38. The van der Waals surface area contributed by atoms with Crippen LogP contribution in [0.25, 0.3) is 0 Å². The Morgan fingerprint density at radius 1 is 1.31 bits per heavy atom. The Bertz CT molecular complexity index is 852. The quantitative estimate of drug-likeness (QED) is 0.812. The maximum atomic E-state index is 12.8. The molecule has 9 heteroatoms. The molecule has 3 heterocycles. The minimum absolute atomic E-state index is 0.0524. The number of carbonyl (C=O) groups is 1. The molecule has 0 aliphatic carbocycles. The minimum atomic E-state index is -3.59. The van der Waals surface area contributed by atoms with Crippen molar-refractivity contribution in [1.82, 2.24) is 24.8 Å². The highest BCUT2D eigenvalue weighted by Gasteiger charge is 2.34. The Morgan fingerprint density at radius 2 is 2.04 bits per heavy atom. The summed E-state index contributed by atoms with van der Waals surface area (Å²) < 4.78 is 27.1. The van der Waals surface area contributed by atoms with Gasteiger partial charge in [0, 0.05) is 25.2 Å². The highest BCUT2D eigenvalue weighted by atomic mass is 32.2. The molecule has 3 rings (SSSR count). The van der Waals surface area contributed by atoms with Crippen LogP contribution in [-0.4, -0.2) is 46.9 Å². The lowest BCUT2D eigenvalue weighted by atomic mass is 9.97. The van der Waals surface area contributed by atoms with Crippen molar-refractivity contribution < 1.29 is 13.2 Å². The number of aromatic nitrogens is 3. The number of piperidine rings is 1. The Labute approximate surface area is 153 Å². The molecule has 0 spiro atoms. The molecule has 0 atom stereocenters. The van der Waals surface area contributed by atoms with E-state index in [9.17, 15) is 13.2 Å². The smallest absolute Gasteiger partial charge is 0.246 e. The fourth-order valence-electron chi connectivity index (χ4n) is 3.23. The summed E-state index contributed by atoms with van der Waals surface area (Å²) in [6.07, 6.45) is 2.69. The van der Waals surface area contributed by atoms with Crippen LogP contribution in [0.15, 0.2) is 29.3 Å². The van der Waals surface area contributed by atoms with Gasteiger partial charge in [-0.2, -0.15) is 9.40 Å². The Balaban J connectivity index is 1.58. The zero-order valence-electron chi connectivity index (χ0n) is 14.9. The van der Waals surface area contributed by atoms with Crippen molar-refractivity contribution >= 4 is 15.9 Å². The number of H-pyrrole nitrogens is 1. The summed E-state index contributed by atoms with van der Waals surface area (Å²) in [4.78, 5) is 16.8. The molecule has 1 aliphatic rings. The number of hydrogen-bond acceptors (Lipinski definition) is 5. The summed E-state index contributed by atoms with van der Waals surface area (Å²) in [6.45, 7) is 4.41. The van der Waals surface area contributed by atoms with Gasteiger partial charge in [-0.3, -0.25) is 14.9 Å². The molecule has 2 aromatic heterocycles. The van der Waals surface area contributed by atoms with Crippen LogP contribution in [0.1, 0.15) is 29.9 Å². The molecule has 2 aromatic rings. The number of nitrogens with one attached hydrogen (secondary N) is 2. The predicted octanol–water partition coefficient (Wildman–Crippen LogP) is 1.14. The SMILES string of the molecule is Cc1n[nH]c(C)c1S(=O)(=O)N1CCC(C(=O)NCc2ccccn2)CC1. The predicted molar refractivity (Wildman–Crippen MR) is 95.6 cm³/mol. The number of hydrogen-bond donors (Lipinski definition) is 2. The van der Waals surface area contributed by atoms with Crippen molar-refractivity contribution in [2.45, 2.75) is 38.1 Å². The average molecular weight is 377 g/mol. The second-order valence-corrected chi connectivity index (χ2v) is 8.36. The number of nitrogens with zero attached hydrogens (tertiary/aromatic N) is 3. The number of carbonyl (C=O) groups excluding carboxylic acids is 1. The molecule has 2 N–H and O–H groups in total. The summed E-state index contributed by atoms with van der Waals surface area (Å²) >= 11 is 0. The van der Waals surface area contributed by atoms with Crippen LogP contribution in [-0.2, 0) is 21.4 Å². The van der Waals surface area contributed by atoms with Crippen LogP contribution in [0.2, 0.25) is 0 Å². The van der Waals surface area contributed by atoms with E-state index < -0.39 is 10.0 Å². The number of pyridine rings is 1. The van der Waals surface area contributed by atoms with Crippen molar-refractivity contribution in [3.63, 3.8) is 0 Å². The van der Waals surface area contributed by atoms with Gasteiger partial charge in [0.1, 0.15) is 4.90 Å². The fraction of sp³-hybridized carbons (Fsp3) is 0.471. The van der Waals surface area contributed by atoms with E-state index in [0.29, 0.717) is 43.9 Å². The lowest BCUT2D eigenvalue weighted by Crippen LogP contribution is -2.43. The van der Waals surface area contributed by atoms with Gasteiger partial charge < -0.3 is 5.32 Å². The zero-order chi connectivity index (χ0) is 18.7. The van der Waals surface area contributed by atoms with E-state index in [1.54, 1.807) is 20.0 Å². The number of amides is 1. The van der Waals surface area contributed by atoms with Crippen molar-refractivity contribution in [3.8, 4) is 0 Å². The summed E-state index contributed by atoms with van der Waals surface area (Å²) in [5, 5.41) is 9.57. The van der Waals surface area contributed by atoms with E-state index in [4.69, 9.17) is 0 Å². The van der Waals surface area contributed by atoms with Gasteiger partial charge in [0.15, 0.2) is 0 Å². The molecular formula is C17H23N5O3S. The van der Waals surface area contributed by atoms with Gasteiger partial charge in [0.2, 0.25) is 15.9 Å². The van der Waals surface area contributed by atoms with Crippen molar-refractivity contribution in [1.29, 1.82) is 0 Å². The summed E-state index contributed by atoms with van der Waals surface area (Å²) in [7, 11) is -3.59. The molecule has 1 fully saturated rings. The first-order valence-electron chi connectivity index (χ1n) is 8.59. The highest BCUT2D eigenvalue weighted by molar-refractivity contribution is 7.89. The number of rotatable bonds is 5.